The van der Waals surface area contributed by atoms with Gasteiger partial charge in [-0.1, -0.05) is 6.07 Å². The fraction of sp³-hybridized carbons (Fsp3) is 0.300. The maximum absolute atomic E-state index is 12.7. The predicted octanol–water partition coefficient (Wildman–Crippen LogP) is 2.74. The first-order valence-electron chi connectivity index (χ1n) is 8.91. The quantitative estimate of drug-likeness (QED) is 0.728. The first-order valence-corrected chi connectivity index (χ1v) is 8.91. The summed E-state index contributed by atoms with van der Waals surface area (Å²) in [6, 6.07) is 9.48. The molecule has 132 valence electrons. The first kappa shape index (κ1) is 16.4. The number of likely N-dealkylation sites (tertiary alicyclic amines) is 1. The Balaban J connectivity index is 1.50. The monoisotopic (exact) mass is 347 g/mol. The predicted molar refractivity (Wildman–Crippen MR) is 97.7 cm³/mol. The minimum atomic E-state index is 0.00235. The lowest BCUT2D eigenvalue weighted by Crippen LogP contribution is -2.40. The summed E-state index contributed by atoms with van der Waals surface area (Å²) in [4.78, 5) is 27.5. The van der Waals surface area contributed by atoms with Gasteiger partial charge in [-0.25, -0.2) is 4.98 Å². The van der Waals surface area contributed by atoms with Crippen molar-refractivity contribution in [2.24, 2.45) is 0 Å². The minimum absolute atomic E-state index is 0.00235. The van der Waals surface area contributed by atoms with Gasteiger partial charge < -0.3 is 9.47 Å². The van der Waals surface area contributed by atoms with Gasteiger partial charge in [0, 0.05) is 56.5 Å². The lowest BCUT2D eigenvalue weighted by atomic mass is 9.96. The zero-order valence-electron chi connectivity index (χ0n) is 14.5. The Bertz CT molecular complexity index is 862. The van der Waals surface area contributed by atoms with Crippen LogP contribution >= 0.6 is 0 Å². The van der Waals surface area contributed by atoms with Crippen LogP contribution in [0.5, 0.6) is 0 Å². The van der Waals surface area contributed by atoms with Gasteiger partial charge in [0.2, 0.25) is 0 Å². The van der Waals surface area contributed by atoms with Crippen LogP contribution in [0.25, 0.3) is 0 Å². The van der Waals surface area contributed by atoms with E-state index >= 15 is 0 Å². The molecule has 1 aliphatic rings. The second kappa shape index (κ2) is 7.47. The maximum Gasteiger partial charge on any atom is 0.272 e. The summed E-state index contributed by atoms with van der Waals surface area (Å²) in [5, 5.41) is 0. The van der Waals surface area contributed by atoms with Crippen LogP contribution in [0.4, 0.5) is 0 Å². The van der Waals surface area contributed by atoms with E-state index in [0.29, 0.717) is 12.2 Å². The van der Waals surface area contributed by atoms with Crippen LogP contribution in [0.1, 0.15) is 40.6 Å². The lowest BCUT2D eigenvalue weighted by molar-refractivity contribution is 0.0697. The van der Waals surface area contributed by atoms with E-state index in [2.05, 4.69) is 19.5 Å². The van der Waals surface area contributed by atoms with Gasteiger partial charge in [0.1, 0.15) is 11.5 Å². The topological polar surface area (TPSA) is 63.9 Å². The van der Waals surface area contributed by atoms with Crippen molar-refractivity contribution in [3.63, 3.8) is 0 Å². The van der Waals surface area contributed by atoms with Gasteiger partial charge in [0.05, 0.1) is 0 Å². The molecule has 0 aliphatic carbocycles. The Morgan fingerprint density at radius 2 is 1.96 bits per heavy atom. The van der Waals surface area contributed by atoms with Crippen molar-refractivity contribution in [3.8, 4) is 0 Å². The van der Waals surface area contributed by atoms with E-state index < -0.39 is 0 Å². The lowest BCUT2D eigenvalue weighted by Gasteiger charge is -2.32. The van der Waals surface area contributed by atoms with Gasteiger partial charge in [-0.05, 0) is 42.7 Å². The fourth-order valence-corrected chi connectivity index (χ4v) is 3.52. The van der Waals surface area contributed by atoms with Gasteiger partial charge in [0.25, 0.3) is 5.91 Å². The molecule has 0 bridgehead atoms. The smallest absolute Gasteiger partial charge is 0.272 e. The van der Waals surface area contributed by atoms with Crippen molar-refractivity contribution in [2.45, 2.75) is 25.3 Å². The van der Waals surface area contributed by atoms with Gasteiger partial charge in [0.15, 0.2) is 0 Å². The van der Waals surface area contributed by atoms with Gasteiger partial charge in [-0.3, -0.25) is 14.8 Å². The minimum Gasteiger partial charge on any atom is -0.337 e. The average molecular weight is 347 g/mol. The fourth-order valence-electron chi connectivity index (χ4n) is 3.52. The number of nitrogens with zero attached hydrogens (tertiary/aromatic N) is 5. The highest BCUT2D eigenvalue weighted by molar-refractivity contribution is 5.92. The number of hydrogen-bond donors (Lipinski definition) is 0. The zero-order valence-corrected chi connectivity index (χ0v) is 14.5. The van der Waals surface area contributed by atoms with Crippen molar-refractivity contribution >= 4 is 5.91 Å². The molecule has 6 nitrogen and oxygen atoms in total. The summed E-state index contributed by atoms with van der Waals surface area (Å²) >= 11 is 0. The van der Waals surface area contributed by atoms with Crippen LogP contribution in [0.3, 0.4) is 0 Å². The Morgan fingerprint density at radius 1 is 1.08 bits per heavy atom. The summed E-state index contributed by atoms with van der Waals surface area (Å²) < 4.78 is 2.18. The molecule has 0 N–H and O–H groups in total. The molecule has 4 heterocycles. The molecule has 0 spiro atoms. The van der Waals surface area contributed by atoms with Crippen LogP contribution in [-0.2, 0) is 6.54 Å². The normalized spacial score (nSPS) is 17.2. The van der Waals surface area contributed by atoms with Crippen LogP contribution in [0, 0.1) is 0 Å². The van der Waals surface area contributed by atoms with E-state index in [0.717, 1.165) is 31.8 Å². The van der Waals surface area contributed by atoms with E-state index in [9.17, 15) is 4.79 Å². The molecule has 3 aromatic heterocycles. The van der Waals surface area contributed by atoms with Crippen LogP contribution in [0.15, 0.2) is 61.3 Å². The highest BCUT2D eigenvalue weighted by atomic mass is 16.2. The number of carbonyl (C=O) groups excluding carboxylic acids is 1. The summed E-state index contributed by atoms with van der Waals surface area (Å²) in [6.45, 7) is 2.22. The molecule has 1 amide bonds. The molecule has 4 rings (SSSR count). The Labute approximate surface area is 152 Å². The Hall–Kier alpha value is -3.02. The molecule has 0 radical (unpaired) electrons. The standard InChI is InChI=1S/C20H21N5O/c26-20(18-5-1-2-8-22-18)25-12-3-4-17(15-25)19-23-11-13-24(19)14-16-6-9-21-10-7-16/h1-2,5-11,13,17H,3-4,12,14-15H2. The molecule has 1 fully saturated rings. The van der Waals surface area contributed by atoms with Crippen molar-refractivity contribution < 1.29 is 4.79 Å². The molecule has 26 heavy (non-hydrogen) atoms. The number of carbonyl (C=O) groups is 1. The number of aromatic nitrogens is 4. The van der Waals surface area contributed by atoms with E-state index in [1.807, 2.05) is 41.6 Å². The second-order valence-electron chi connectivity index (χ2n) is 6.57. The Morgan fingerprint density at radius 3 is 2.77 bits per heavy atom. The summed E-state index contributed by atoms with van der Waals surface area (Å²) in [5.74, 6) is 1.29. The van der Waals surface area contributed by atoms with Crippen LogP contribution in [0.2, 0.25) is 0 Å². The maximum atomic E-state index is 12.7. The van der Waals surface area contributed by atoms with Crippen molar-refractivity contribution in [1.82, 2.24) is 24.4 Å². The van der Waals surface area contributed by atoms with Crippen LogP contribution < -0.4 is 0 Å². The van der Waals surface area contributed by atoms with Gasteiger partial charge >= 0.3 is 0 Å². The largest absolute Gasteiger partial charge is 0.337 e. The number of pyridine rings is 2. The summed E-state index contributed by atoms with van der Waals surface area (Å²) in [5.41, 5.74) is 1.70. The van der Waals surface area contributed by atoms with Gasteiger partial charge in [-0.15, -0.1) is 0 Å². The highest BCUT2D eigenvalue weighted by Gasteiger charge is 2.28. The first-order chi connectivity index (χ1) is 12.8. The SMILES string of the molecule is O=C(c1ccccn1)N1CCCC(c2nccn2Cc2ccncc2)C1. The van der Waals surface area contributed by atoms with E-state index in [-0.39, 0.29) is 11.8 Å². The molecular formula is C20H21N5O. The summed E-state index contributed by atoms with van der Waals surface area (Å²) in [6.07, 6.45) is 11.1. The van der Waals surface area contributed by atoms with E-state index in [1.165, 1.54) is 5.56 Å². The van der Waals surface area contributed by atoms with E-state index in [4.69, 9.17) is 0 Å². The second-order valence-corrected chi connectivity index (χ2v) is 6.57. The molecule has 6 heteroatoms. The third kappa shape index (κ3) is 3.49. The third-order valence-corrected chi connectivity index (χ3v) is 4.81. The van der Waals surface area contributed by atoms with Crippen molar-refractivity contribution in [2.75, 3.05) is 13.1 Å². The molecule has 1 unspecified atom stereocenters. The van der Waals surface area contributed by atoms with Crippen molar-refractivity contribution in [1.29, 1.82) is 0 Å². The third-order valence-electron chi connectivity index (χ3n) is 4.81. The Kier molecular flexibility index (Phi) is 4.73. The van der Waals surface area contributed by atoms with Gasteiger partial charge in [-0.2, -0.15) is 0 Å². The highest BCUT2D eigenvalue weighted by Crippen LogP contribution is 2.27. The molecule has 1 atom stereocenters. The van der Waals surface area contributed by atoms with Crippen LogP contribution in [-0.4, -0.2) is 43.4 Å². The number of imidazole rings is 1. The summed E-state index contributed by atoms with van der Waals surface area (Å²) in [7, 11) is 0. The zero-order chi connectivity index (χ0) is 17.8. The number of hydrogen-bond acceptors (Lipinski definition) is 4. The van der Waals surface area contributed by atoms with Crippen molar-refractivity contribution in [3.05, 3.63) is 78.4 Å². The number of piperidine rings is 1. The molecule has 1 aliphatic heterocycles. The molecule has 1 saturated heterocycles. The number of amides is 1. The molecule has 3 aromatic rings. The molecule has 0 saturated carbocycles. The van der Waals surface area contributed by atoms with E-state index in [1.54, 1.807) is 24.7 Å². The average Bonchev–Trinajstić information content (AvgIpc) is 3.17. The number of rotatable bonds is 4. The molecule has 0 aromatic carbocycles. The molecular weight excluding hydrogens is 326 g/mol.